The van der Waals surface area contributed by atoms with Gasteiger partial charge >= 0.3 is 0 Å². The molecule has 0 radical (unpaired) electrons. The van der Waals surface area contributed by atoms with Crippen LogP contribution in [0.2, 0.25) is 0 Å². The van der Waals surface area contributed by atoms with Gasteiger partial charge in [-0.2, -0.15) is 0 Å². The summed E-state index contributed by atoms with van der Waals surface area (Å²) < 4.78 is 21.8. The fourth-order valence-corrected chi connectivity index (χ4v) is 2.92. The van der Waals surface area contributed by atoms with Crippen LogP contribution in [0.25, 0.3) is 0 Å². The van der Waals surface area contributed by atoms with Gasteiger partial charge in [-0.05, 0) is 13.8 Å². The Labute approximate surface area is 72.4 Å². The molecule has 3 heterocycles. The number of fused-ring (bicyclic) bond motifs is 1. The quantitative estimate of drug-likeness (QED) is 0.612. The highest BCUT2D eigenvalue weighted by Crippen LogP contribution is 2.54. The molecule has 0 amide bonds. The first-order valence-electron chi connectivity index (χ1n) is 3.86. The van der Waals surface area contributed by atoms with Crippen LogP contribution in [0, 0.1) is 6.92 Å². The molecule has 0 fully saturated rings. The van der Waals surface area contributed by atoms with Crippen molar-refractivity contribution in [2.24, 2.45) is 0 Å². The average molecular weight is 184 g/mol. The summed E-state index contributed by atoms with van der Waals surface area (Å²) in [5, 5.41) is 0. The van der Waals surface area contributed by atoms with Crippen LogP contribution in [0.3, 0.4) is 0 Å². The summed E-state index contributed by atoms with van der Waals surface area (Å²) >= 11 is -1.24. The van der Waals surface area contributed by atoms with E-state index in [9.17, 15) is 4.21 Å². The molecule has 0 aliphatic carbocycles. The lowest BCUT2D eigenvalue weighted by atomic mass is 9.96. The van der Waals surface area contributed by atoms with E-state index in [0.29, 0.717) is 0 Å². The third-order valence-corrected chi connectivity index (χ3v) is 4.08. The van der Waals surface area contributed by atoms with Gasteiger partial charge in [0.1, 0.15) is 10.5 Å². The highest BCUT2D eigenvalue weighted by atomic mass is 32.2. The SMILES string of the molecule is Cc1c2oc3c1OS(=O)C3(C)C2. The molecule has 3 rings (SSSR count). The van der Waals surface area contributed by atoms with E-state index in [-0.39, 0.29) is 4.75 Å². The summed E-state index contributed by atoms with van der Waals surface area (Å²) in [4.78, 5) is 0. The molecule has 64 valence electrons. The number of furan rings is 1. The molecule has 0 saturated carbocycles. The summed E-state index contributed by atoms with van der Waals surface area (Å²) in [5.41, 5.74) is 1.02. The van der Waals surface area contributed by atoms with E-state index in [4.69, 9.17) is 8.60 Å². The van der Waals surface area contributed by atoms with Crippen molar-refractivity contribution in [1.82, 2.24) is 0 Å². The summed E-state index contributed by atoms with van der Waals surface area (Å²) in [6.07, 6.45) is 0.726. The highest BCUT2D eigenvalue weighted by molar-refractivity contribution is 7.82. The maximum Gasteiger partial charge on any atom is 0.221 e. The smallest absolute Gasteiger partial charge is 0.221 e. The van der Waals surface area contributed by atoms with Gasteiger partial charge in [-0.1, -0.05) is 0 Å². The first-order chi connectivity index (χ1) is 5.63. The van der Waals surface area contributed by atoms with Crippen molar-refractivity contribution >= 4 is 11.1 Å². The van der Waals surface area contributed by atoms with Gasteiger partial charge in [-0.25, -0.2) is 4.21 Å². The summed E-state index contributed by atoms with van der Waals surface area (Å²) in [6, 6.07) is 0. The van der Waals surface area contributed by atoms with E-state index in [0.717, 1.165) is 29.3 Å². The van der Waals surface area contributed by atoms with E-state index in [1.807, 2.05) is 13.8 Å². The molecule has 2 bridgehead atoms. The van der Waals surface area contributed by atoms with Crippen LogP contribution < -0.4 is 4.18 Å². The molecule has 0 saturated heterocycles. The highest BCUT2D eigenvalue weighted by Gasteiger charge is 2.55. The molecule has 4 heteroatoms. The predicted octanol–water partition coefficient (Wildman–Crippen LogP) is 1.42. The Morgan fingerprint density at radius 3 is 2.92 bits per heavy atom. The minimum atomic E-state index is -1.24. The lowest BCUT2D eigenvalue weighted by Gasteiger charge is -2.10. The molecule has 0 aromatic carbocycles. The molecule has 3 nitrogen and oxygen atoms in total. The maximum atomic E-state index is 11.5. The molecule has 0 spiro atoms. The van der Waals surface area contributed by atoms with Crippen LogP contribution in [0.15, 0.2) is 4.42 Å². The monoisotopic (exact) mass is 184 g/mol. The van der Waals surface area contributed by atoms with Crippen LogP contribution in [-0.2, 0) is 22.2 Å². The van der Waals surface area contributed by atoms with Crippen molar-refractivity contribution in [1.29, 1.82) is 0 Å². The fourth-order valence-electron chi connectivity index (χ4n) is 1.85. The standard InChI is InChI=1S/C8H8O3S/c1-4-5-3-8(2)7(10-5)6(4)11-12(8)9/h3H2,1-2H3. The second-order valence-electron chi connectivity index (χ2n) is 3.53. The van der Waals surface area contributed by atoms with Gasteiger partial charge in [0.25, 0.3) is 0 Å². The molecule has 2 aliphatic rings. The normalized spacial score (nSPS) is 35.7. The van der Waals surface area contributed by atoms with Crippen LogP contribution in [0.4, 0.5) is 0 Å². The molecule has 2 aliphatic heterocycles. The van der Waals surface area contributed by atoms with E-state index in [1.165, 1.54) is 0 Å². The first-order valence-corrected chi connectivity index (χ1v) is 4.93. The number of hydrogen-bond acceptors (Lipinski definition) is 3. The van der Waals surface area contributed by atoms with Crippen molar-refractivity contribution < 1.29 is 12.8 Å². The van der Waals surface area contributed by atoms with Crippen LogP contribution >= 0.6 is 0 Å². The second kappa shape index (κ2) is 1.62. The van der Waals surface area contributed by atoms with Gasteiger partial charge < -0.3 is 8.60 Å². The number of rotatable bonds is 0. The molecule has 2 atom stereocenters. The van der Waals surface area contributed by atoms with Crippen molar-refractivity contribution in [3.8, 4) is 5.75 Å². The Hall–Kier alpha value is -0.770. The average Bonchev–Trinajstić information content (AvgIpc) is 2.53. The fraction of sp³-hybridized carbons (Fsp3) is 0.500. The Bertz CT molecular complexity index is 407. The lowest BCUT2D eigenvalue weighted by Crippen LogP contribution is -2.24. The van der Waals surface area contributed by atoms with Gasteiger partial charge in [0.2, 0.25) is 11.1 Å². The van der Waals surface area contributed by atoms with Gasteiger partial charge in [0, 0.05) is 12.0 Å². The zero-order chi connectivity index (χ0) is 8.51. The van der Waals surface area contributed by atoms with Crippen LogP contribution in [0.5, 0.6) is 5.75 Å². The summed E-state index contributed by atoms with van der Waals surface area (Å²) in [5.74, 6) is 2.44. The van der Waals surface area contributed by atoms with Crippen LogP contribution in [-0.4, -0.2) is 4.21 Å². The molecule has 1 aromatic rings. The lowest BCUT2D eigenvalue weighted by molar-refractivity contribution is 0.518. The molecule has 1 aromatic heterocycles. The number of hydrogen-bond donors (Lipinski definition) is 0. The van der Waals surface area contributed by atoms with E-state index < -0.39 is 11.1 Å². The van der Waals surface area contributed by atoms with E-state index >= 15 is 0 Å². The topological polar surface area (TPSA) is 39.4 Å². The van der Waals surface area contributed by atoms with Gasteiger partial charge in [0.15, 0.2) is 11.5 Å². The molecular formula is C8H8O3S. The molecule has 2 unspecified atom stereocenters. The van der Waals surface area contributed by atoms with Crippen LogP contribution in [0.1, 0.15) is 24.0 Å². The second-order valence-corrected chi connectivity index (χ2v) is 5.07. The Morgan fingerprint density at radius 1 is 1.58 bits per heavy atom. The zero-order valence-corrected chi connectivity index (χ0v) is 7.66. The minimum Gasteiger partial charge on any atom is -0.460 e. The third kappa shape index (κ3) is 0.476. The minimum absolute atomic E-state index is 0.385. The largest absolute Gasteiger partial charge is 0.460 e. The van der Waals surface area contributed by atoms with Crippen molar-refractivity contribution in [3.05, 3.63) is 17.1 Å². The molecule has 12 heavy (non-hydrogen) atoms. The Balaban J connectivity index is 2.39. The van der Waals surface area contributed by atoms with E-state index in [2.05, 4.69) is 0 Å². The molecular weight excluding hydrogens is 176 g/mol. The first kappa shape index (κ1) is 6.71. The van der Waals surface area contributed by atoms with E-state index in [1.54, 1.807) is 0 Å². The van der Waals surface area contributed by atoms with Gasteiger partial charge in [-0.3, -0.25) is 0 Å². The zero-order valence-electron chi connectivity index (χ0n) is 6.84. The third-order valence-electron chi connectivity index (χ3n) is 2.70. The van der Waals surface area contributed by atoms with Crippen molar-refractivity contribution in [3.63, 3.8) is 0 Å². The van der Waals surface area contributed by atoms with Gasteiger partial charge in [0.05, 0.1) is 0 Å². The maximum absolute atomic E-state index is 11.5. The Kier molecular flexibility index (Phi) is 0.904. The summed E-state index contributed by atoms with van der Waals surface area (Å²) in [6.45, 7) is 3.87. The van der Waals surface area contributed by atoms with Crippen molar-refractivity contribution in [2.45, 2.75) is 25.0 Å². The van der Waals surface area contributed by atoms with Gasteiger partial charge in [-0.15, -0.1) is 0 Å². The summed E-state index contributed by atoms with van der Waals surface area (Å²) in [7, 11) is 0. The molecule has 0 N–H and O–H groups in total. The van der Waals surface area contributed by atoms with Crippen molar-refractivity contribution in [2.75, 3.05) is 0 Å². The predicted molar refractivity (Wildman–Crippen MR) is 43.3 cm³/mol. The Morgan fingerprint density at radius 2 is 2.33 bits per heavy atom.